The Morgan fingerprint density at radius 3 is 2.32 bits per heavy atom. The van der Waals surface area contributed by atoms with Gasteiger partial charge in [-0.2, -0.15) is 19.0 Å². The van der Waals surface area contributed by atoms with Crippen LogP contribution in [-0.2, 0) is 6.61 Å². The molecule has 1 fully saturated rings. The second-order valence-corrected chi connectivity index (χ2v) is 12.7. The average Bonchev–Trinajstić information content (AvgIpc) is 3.57. The SMILES string of the molecule is CN(C)C(=O)c1ccccc1Sc1c(F)c(Oc2cc(C#N)ccc2OCc2ccccc2)nc(Oc2ccccc2C2NCCN2C)c1F. The summed E-state index contributed by atoms with van der Waals surface area (Å²) in [7, 11) is 5.14. The summed E-state index contributed by atoms with van der Waals surface area (Å²) >= 11 is 0.710. The van der Waals surface area contributed by atoms with Crippen LogP contribution in [0.2, 0.25) is 0 Å². The van der Waals surface area contributed by atoms with E-state index in [-0.39, 0.29) is 41.3 Å². The number of amides is 1. The Morgan fingerprint density at radius 2 is 1.62 bits per heavy atom. The van der Waals surface area contributed by atoms with Gasteiger partial charge in [0, 0.05) is 43.7 Å². The molecule has 1 amide bonds. The molecule has 0 saturated carbocycles. The molecule has 4 aromatic carbocycles. The van der Waals surface area contributed by atoms with E-state index in [4.69, 9.17) is 14.2 Å². The lowest BCUT2D eigenvalue weighted by Gasteiger charge is -2.22. The predicted octanol–water partition coefficient (Wildman–Crippen LogP) is 7.78. The summed E-state index contributed by atoms with van der Waals surface area (Å²) in [5, 5.41) is 13.0. The Labute approximate surface area is 293 Å². The number of ether oxygens (including phenoxy) is 3. The zero-order valence-corrected chi connectivity index (χ0v) is 28.3. The minimum atomic E-state index is -1.13. The zero-order valence-electron chi connectivity index (χ0n) is 27.5. The molecule has 12 heteroatoms. The molecule has 1 unspecified atom stereocenters. The molecule has 1 N–H and O–H groups in total. The Balaban J connectivity index is 1.44. The zero-order chi connectivity index (χ0) is 35.2. The lowest BCUT2D eigenvalue weighted by atomic mass is 10.1. The van der Waals surface area contributed by atoms with Gasteiger partial charge in [0.2, 0.25) is 11.6 Å². The van der Waals surface area contributed by atoms with Crippen LogP contribution < -0.4 is 19.5 Å². The molecule has 50 heavy (non-hydrogen) atoms. The summed E-state index contributed by atoms with van der Waals surface area (Å²) in [6.07, 6.45) is -0.207. The fourth-order valence-electron chi connectivity index (χ4n) is 5.32. The van der Waals surface area contributed by atoms with E-state index in [1.54, 1.807) is 56.6 Å². The lowest BCUT2D eigenvalue weighted by molar-refractivity contribution is 0.0824. The van der Waals surface area contributed by atoms with Gasteiger partial charge in [-0.15, -0.1) is 0 Å². The van der Waals surface area contributed by atoms with Crippen molar-refractivity contribution in [2.24, 2.45) is 0 Å². The van der Waals surface area contributed by atoms with Crippen LogP contribution in [0.3, 0.4) is 0 Å². The maximum atomic E-state index is 16.5. The topological polar surface area (TPSA) is 100.0 Å². The van der Waals surface area contributed by atoms with Crippen LogP contribution in [0, 0.1) is 23.0 Å². The number of carbonyl (C=O) groups is 1. The standard InChI is InChI=1S/C38H33F2N5O4S/c1-44(2)38(46)27-14-8-10-16-31(27)50-34-32(39)36(48-28-15-9-7-13-26(28)35-42-19-20-45(35)3)43-37(33(34)40)49-30-21-25(22-41)17-18-29(30)47-23-24-11-5-4-6-12-24/h4-18,21,35,42H,19-20,23H2,1-3H3. The largest absolute Gasteiger partial charge is 0.485 e. The van der Waals surface area contributed by atoms with Gasteiger partial charge < -0.3 is 19.1 Å². The number of para-hydroxylation sites is 1. The minimum Gasteiger partial charge on any atom is -0.485 e. The molecule has 9 nitrogen and oxygen atoms in total. The molecule has 0 aliphatic carbocycles. The van der Waals surface area contributed by atoms with E-state index >= 15 is 8.78 Å². The van der Waals surface area contributed by atoms with Gasteiger partial charge in [-0.05, 0) is 42.9 Å². The summed E-state index contributed by atoms with van der Waals surface area (Å²) in [5.41, 5.74) is 2.08. The molecule has 1 saturated heterocycles. The van der Waals surface area contributed by atoms with Crippen LogP contribution in [0.4, 0.5) is 8.78 Å². The van der Waals surface area contributed by atoms with Crippen molar-refractivity contribution < 1.29 is 27.8 Å². The molecular weight excluding hydrogens is 661 g/mol. The summed E-state index contributed by atoms with van der Waals surface area (Å²) in [6, 6.07) is 29.6. The highest BCUT2D eigenvalue weighted by atomic mass is 32.2. The molecule has 254 valence electrons. The number of likely N-dealkylation sites (N-methyl/N-ethyl adjacent to an activating group) is 1. The lowest BCUT2D eigenvalue weighted by Crippen LogP contribution is -2.24. The maximum Gasteiger partial charge on any atom is 0.260 e. The molecular formula is C38H33F2N5O4S. The second-order valence-electron chi connectivity index (χ2n) is 11.6. The van der Waals surface area contributed by atoms with Gasteiger partial charge in [0.05, 0.1) is 28.3 Å². The van der Waals surface area contributed by atoms with Crippen molar-refractivity contribution in [3.05, 3.63) is 131 Å². The minimum absolute atomic E-state index is 0.0137. The number of halogens is 2. The number of aromatic nitrogens is 1. The van der Waals surface area contributed by atoms with Crippen LogP contribution >= 0.6 is 11.8 Å². The molecule has 2 heterocycles. The van der Waals surface area contributed by atoms with Crippen LogP contribution in [0.5, 0.6) is 29.0 Å². The fourth-order valence-corrected chi connectivity index (χ4v) is 6.30. The first-order valence-electron chi connectivity index (χ1n) is 15.7. The van der Waals surface area contributed by atoms with E-state index in [9.17, 15) is 10.1 Å². The number of nitrogens with one attached hydrogen (secondary N) is 1. The summed E-state index contributed by atoms with van der Waals surface area (Å²) < 4.78 is 51.2. The normalized spacial score (nSPS) is 14.2. The molecule has 1 aliphatic heterocycles. The van der Waals surface area contributed by atoms with Crippen LogP contribution in [0.1, 0.15) is 33.2 Å². The van der Waals surface area contributed by atoms with Crippen LogP contribution in [-0.4, -0.2) is 54.9 Å². The van der Waals surface area contributed by atoms with Crippen molar-refractivity contribution in [1.29, 1.82) is 5.26 Å². The van der Waals surface area contributed by atoms with Crippen LogP contribution in [0.15, 0.2) is 107 Å². The number of nitriles is 1. The van der Waals surface area contributed by atoms with Crippen molar-refractivity contribution in [3.63, 3.8) is 0 Å². The number of hydrogen-bond donors (Lipinski definition) is 1. The van der Waals surface area contributed by atoms with Gasteiger partial charge in [-0.25, -0.2) is 0 Å². The van der Waals surface area contributed by atoms with E-state index < -0.39 is 28.3 Å². The third-order valence-corrected chi connectivity index (χ3v) is 9.03. The number of rotatable bonds is 11. The highest BCUT2D eigenvalue weighted by Crippen LogP contribution is 2.44. The molecule has 5 aromatic rings. The maximum absolute atomic E-state index is 16.5. The first-order chi connectivity index (χ1) is 24.2. The second kappa shape index (κ2) is 15.4. The van der Waals surface area contributed by atoms with E-state index in [0.717, 1.165) is 24.2 Å². The van der Waals surface area contributed by atoms with Gasteiger partial charge in [0.1, 0.15) is 12.4 Å². The van der Waals surface area contributed by atoms with E-state index in [1.807, 2.05) is 55.6 Å². The first-order valence-corrected chi connectivity index (χ1v) is 16.5. The molecule has 1 aromatic heterocycles. The highest BCUT2D eigenvalue weighted by Gasteiger charge is 2.29. The van der Waals surface area contributed by atoms with Crippen LogP contribution in [0.25, 0.3) is 0 Å². The van der Waals surface area contributed by atoms with Gasteiger partial charge >= 0.3 is 0 Å². The average molecular weight is 694 g/mol. The smallest absolute Gasteiger partial charge is 0.260 e. The third kappa shape index (κ3) is 7.55. The van der Waals surface area contributed by atoms with Crippen molar-refractivity contribution in [2.75, 3.05) is 34.2 Å². The third-order valence-electron chi connectivity index (χ3n) is 7.89. The molecule has 0 spiro atoms. The Morgan fingerprint density at radius 1 is 0.940 bits per heavy atom. The van der Waals surface area contributed by atoms with Gasteiger partial charge in [-0.3, -0.25) is 15.0 Å². The van der Waals surface area contributed by atoms with Crippen molar-refractivity contribution in [3.8, 4) is 35.1 Å². The van der Waals surface area contributed by atoms with E-state index in [2.05, 4.69) is 15.2 Å². The van der Waals surface area contributed by atoms with Gasteiger partial charge in [0.15, 0.2) is 11.5 Å². The summed E-state index contributed by atoms with van der Waals surface area (Å²) in [5.74, 6) is -3.22. The fraction of sp³-hybridized carbons (Fsp3) is 0.184. The highest BCUT2D eigenvalue weighted by molar-refractivity contribution is 7.99. The van der Waals surface area contributed by atoms with E-state index in [0.29, 0.717) is 22.4 Å². The Hall–Kier alpha value is -5.48. The van der Waals surface area contributed by atoms with Gasteiger partial charge in [0.25, 0.3) is 17.7 Å². The molecule has 1 aliphatic rings. The van der Waals surface area contributed by atoms with Crippen molar-refractivity contribution in [1.82, 2.24) is 20.1 Å². The number of carbonyl (C=O) groups excluding carboxylic acids is 1. The Bertz CT molecular complexity index is 2060. The molecule has 1 atom stereocenters. The first kappa shape index (κ1) is 34.4. The molecule has 6 rings (SSSR count). The number of pyridine rings is 1. The van der Waals surface area contributed by atoms with Crippen molar-refractivity contribution >= 4 is 17.7 Å². The van der Waals surface area contributed by atoms with Gasteiger partial charge in [-0.1, -0.05) is 72.4 Å². The van der Waals surface area contributed by atoms with E-state index in [1.165, 1.54) is 17.0 Å². The Kier molecular flexibility index (Phi) is 10.6. The number of benzene rings is 4. The predicted molar refractivity (Wildman–Crippen MR) is 185 cm³/mol. The summed E-state index contributed by atoms with van der Waals surface area (Å²) in [4.78, 5) is 20.5. The number of hydrogen-bond acceptors (Lipinski definition) is 9. The monoisotopic (exact) mass is 693 g/mol. The summed E-state index contributed by atoms with van der Waals surface area (Å²) in [6.45, 7) is 1.70. The molecule has 0 radical (unpaired) electrons. The number of nitrogens with zero attached hydrogens (tertiary/aromatic N) is 4. The molecule has 0 bridgehead atoms. The quantitative estimate of drug-likeness (QED) is 0.149. The van der Waals surface area contributed by atoms with Crippen molar-refractivity contribution in [2.45, 2.75) is 22.6 Å².